The fraction of sp³-hybridized carbons (Fsp3) is 1.00. The molecule has 0 aromatic rings. The van der Waals surface area contributed by atoms with Gasteiger partial charge >= 0.3 is 0 Å². The Morgan fingerprint density at radius 3 is 2.33 bits per heavy atom. The predicted octanol–water partition coefficient (Wildman–Crippen LogP) is 2.46. The molecule has 0 heterocycles. The Balaban J connectivity index is 1.82. The van der Waals surface area contributed by atoms with Gasteiger partial charge in [0, 0.05) is 12.6 Å². The Labute approximate surface area is 93.5 Å². The Morgan fingerprint density at radius 1 is 1.13 bits per heavy atom. The molecular weight excluding hydrogens is 186 g/mol. The molecule has 0 aliphatic heterocycles. The molecule has 2 aliphatic carbocycles. The maximum absolute atomic E-state index is 10.3. The first-order valence-electron chi connectivity index (χ1n) is 6.48. The minimum Gasteiger partial charge on any atom is -0.389 e. The van der Waals surface area contributed by atoms with Crippen LogP contribution >= 0.6 is 0 Å². The zero-order chi connectivity index (χ0) is 10.9. The zero-order valence-electron chi connectivity index (χ0n) is 10.2. The fourth-order valence-electron chi connectivity index (χ4n) is 3.23. The first-order valence-corrected chi connectivity index (χ1v) is 6.48. The quantitative estimate of drug-likeness (QED) is 0.751. The highest BCUT2D eigenvalue weighted by molar-refractivity contribution is 4.94. The van der Waals surface area contributed by atoms with Gasteiger partial charge in [-0.1, -0.05) is 33.1 Å². The van der Waals surface area contributed by atoms with Crippen LogP contribution in [0, 0.1) is 5.41 Å². The summed E-state index contributed by atoms with van der Waals surface area (Å²) in [5.74, 6) is 0. The molecule has 1 unspecified atom stereocenters. The van der Waals surface area contributed by atoms with E-state index in [1.54, 1.807) is 0 Å². The van der Waals surface area contributed by atoms with E-state index in [2.05, 4.69) is 19.2 Å². The molecule has 0 aromatic carbocycles. The minimum atomic E-state index is -0.390. The van der Waals surface area contributed by atoms with Crippen molar-refractivity contribution in [3.63, 3.8) is 0 Å². The molecule has 2 heteroatoms. The van der Waals surface area contributed by atoms with Crippen molar-refractivity contribution < 1.29 is 5.11 Å². The summed E-state index contributed by atoms with van der Waals surface area (Å²) in [6.07, 6.45) is 8.33. The van der Waals surface area contributed by atoms with Gasteiger partial charge < -0.3 is 10.4 Å². The number of hydrogen-bond donors (Lipinski definition) is 2. The van der Waals surface area contributed by atoms with Crippen LogP contribution in [0.15, 0.2) is 0 Å². The van der Waals surface area contributed by atoms with E-state index in [9.17, 15) is 5.11 Å². The summed E-state index contributed by atoms with van der Waals surface area (Å²) in [6.45, 7) is 5.49. The summed E-state index contributed by atoms with van der Waals surface area (Å²) in [6, 6.07) is 0.613. The van der Waals surface area contributed by atoms with E-state index >= 15 is 0 Å². The van der Waals surface area contributed by atoms with Crippen molar-refractivity contribution in [2.75, 3.05) is 6.54 Å². The highest BCUT2D eigenvalue weighted by Crippen LogP contribution is 2.38. The van der Waals surface area contributed by atoms with Gasteiger partial charge in [-0.05, 0) is 31.1 Å². The predicted molar refractivity (Wildman–Crippen MR) is 62.8 cm³/mol. The molecule has 0 spiro atoms. The highest BCUT2D eigenvalue weighted by atomic mass is 16.3. The minimum absolute atomic E-state index is 0.390. The Kier molecular flexibility index (Phi) is 3.09. The highest BCUT2D eigenvalue weighted by Gasteiger charge is 2.37. The van der Waals surface area contributed by atoms with E-state index in [4.69, 9.17) is 0 Å². The molecule has 2 fully saturated rings. The molecular formula is C13H25NO. The summed E-state index contributed by atoms with van der Waals surface area (Å²) in [4.78, 5) is 0. The van der Waals surface area contributed by atoms with Crippen LogP contribution in [0.5, 0.6) is 0 Å². The molecule has 0 radical (unpaired) electrons. The first-order chi connectivity index (χ1) is 7.02. The lowest BCUT2D eigenvalue weighted by atomic mass is 9.87. The maximum Gasteiger partial charge on any atom is 0.0771 e. The van der Waals surface area contributed by atoms with Gasteiger partial charge in [0.15, 0.2) is 0 Å². The Morgan fingerprint density at radius 2 is 1.80 bits per heavy atom. The van der Waals surface area contributed by atoms with Crippen molar-refractivity contribution >= 4 is 0 Å². The van der Waals surface area contributed by atoms with Crippen molar-refractivity contribution in [1.29, 1.82) is 0 Å². The molecule has 0 aromatic heterocycles. The lowest BCUT2D eigenvalue weighted by Crippen LogP contribution is -2.46. The van der Waals surface area contributed by atoms with Gasteiger partial charge in [-0.15, -0.1) is 0 Å². The van der Waals surface area contributed by atoms with E-state index in [1.807, 2.05) is 0 Å². The van der Waals surface area contributed by atoms with Crippen molar-refractivity contribution in [1.82, 2.24) is 5.32 Å². The molecule has 88 valence electrons. The fourth-order valence-corrected chi connectivity index (χ4v) is 3.23. The molecule has 2 aliphatic rings. The van der Waals surface area contributed by atoms with Crippen LogP contribution in [0.1, 0.15) is 58.8 Å². The number of nitrogens with one attached hydrogen (secondary N) is 1. The van der Waals surface area contributed by atoms with Crippen molar-refractivity contribution in [3.8, 4) is 0 Å². The van der Waals surface area contributed by atoms with Crippen LogP contribution < -0.4 is 5.32 Å². The van der Waals surface area contributed by atoms with Gasteiger partial charge in [0.1, 0.15) is 0 Å². The van der Waals surface area contributed by atoms with Crippen LogP contribution in [0.3, 0.4) is 0 Å². The SMILES string of the molecule is CC1(C)CCCC1NCC1(O)CCCC1. The maximum atomic E-state index is 10.3. The zero-order valence-corrected chi connectivity index (χ0v) is 10.2. The monoisotopic (exact) mass is 211 g/mol. The summed E-state index contributed by atoms with van der Waals surface area (Å²) < 4.78 is 0. The van der Waals surface area contributed by atoms with E-state index in [0.29, 0.717) is 11.5 Å². The number of hydrogen-bond acceptors (Lipinski definition) is 2. The van der Waals surface area contributed by atoms with Crippen LogP contribution in [-0.2, 0) is 0 Å². The van der Waals surface area contributed by atoms with Crippen LogP contribution in [-0.4, -0.2) is 23.3 Å². The van der Waals surface area contributed by atoms with Gasteiger partial charge in [0.05, 0.1) is 5.60 Å². The normalized spacial score (nSPS) is 33.4. The van der Waals surface area contributed by atoms with Crippen molar-refractivity contribution in [2.45, 2.75) is 70.4 Å². The van der Waals surface area contributed by atoms with Gasteiger partial charge in [0.25, 0.3) is 0 Å². The van der Waals surface area contributed by atoms with Gasteiger partial charge in [-0.3, -0.25) is 0 Å². The van der Waals surface area contributed by atoms with Gasteiger partial charge in [0.2, 0.25) is 0 Å². The molecule has 0 saturated heterocycles. The topological polar surface area (TPSA) is 32.3 Å². The third-order valence-electron chi connectivity index (χ3n) is 4.47. The summed E-state index contributed by atoms with van der Waals surface area (Å²) in [5.41, 5.74) is 0.0354. The molecule has 2 rings (SSSR count). The average molecular weight is 211 g/mol. The lowest BCUT2D eigenvalue weighted by Gasteiger charge is -2.31. The molecule has 0 amide bonds. The largest absolute Gasteiger partial charge is 0.389 e. The van der Waals surface area contributed by atoms with E-state index in [0.717, 1.165) is 19.4 Å². The Hall–Kier alpha value is -0.0800. The van der Waals surface area contributed by atoms with Crippen LogP contribution in [0.25, 0.3) is 0 Å². The average Bonchev–Trinajstić information content (AvgIpc) is 2.70. The smallest absolute Gasteiger partial charge is 0.0771 e. The summed E-state index contributed by atoms with van der Waals surface area (Å²) in [7, 11) is 0. The first kappa shape index (κ1) is 11.4. The van der Waals surface area contributed by atoms with Gasteiger partial charge in [-0.2, -0.15) is 0 Å². The molecule has 2 N–H and O–H groups in total. The lowest BCUT2D eigenvalue weighted by molar-refractivity contribution is 0.0410. The second-order valence-electron chi connectivity index (χ2n) is 6.25. The second kappa shape index (κ2) is 4.06. The molecule has 1 atom stereocenters. The van der Waals surface area contributed by atoms with E-state index < -0.39 is 5.60 Å². The summed E-state index contributed by atoms with van der Waals surface area (Å²) >= 11 is 0. The third kappa shape index (κ3) is 2.54. The van der Waals surface area contributed by atoms with E-state index in [1.165, 1.54) is 32.1 Å². The van der Waals surface area contributed by atoms with Crippen LogP contribution in [0.4, 0.5) is 0 Å². The third-order valence-corrected chi connectivity index (χ3v) is 4.47. The second-order valence-corrected chi connectivity index (χ2v) is 6.25. The van der Waals surface area contributed by atoms with Crippen LogP contribution in [0.2, 0.25) is 0 Å². The van der Waals surface area contributed by atoms with E-state index in [-0.39, 0.29) is 0 Å². The molecule has 2 saturated carbocycles. The molecule has 15 heavy (non-hydrogen) atoms. The standard InChI is InChI=1S/C13H25NO/c1-12(2)7-5-6-11(12)14-10-13(15)8-3-4-9-13/h11,14-15H,3-10H2,1-2H3. The van der Waals surface area contributed by atoms with Gasteiger partial charge in [-0.25, -0.2) is 0 Å². The Bertz CT molecular complexity index is 219. The van der Waals surface area contributed by atoms with Crippen molar-refractivity contribution in [2.24, 2.45) is 5.41 Å². The molecule has 0 bridgehead atoms. The number of rotatable bonds is 3. The number of aliphatic hydroxyl groups is 1. The summed E-state index contributed by atoms with van der Waals surface area (Å²) in [5, 5.41) is 13.9. The van der Waals surface area contributed by atoms with Crippen molar-refractivity contribution in [3.05, 3.63) is 0 Å². The molecule has 2 nitrogen and oxygen atoms in total.